The SMILES string of the molecule is O=C(O)C[C@@H]1CN[C@H]2COC[C@@H]2O1. The lowest BCUT2D eigenvalue weighted by atomic mass is 10.1. The maximum atomic E-state index is 10.4. The maximum absolute atomic E-state index is 10.4. The van der Waals surface area contributed by atoms with Crippen LogP contribution in [-0.4, -0.2) is 49.1 Å². The van der Waals surface area contributed by atoms with Gasteiger partial charge < -0.3 is 19.9 Å². The standard InChI is InChI=1S/C8H13NO4/c10-8(11)1-5-2-9-6-3-12-4-7(6)13-5/h5-7,9H,1-4H2,(H,10,11)/t5-,6+,7+/m1/s1. The molecule has 2 heterocycles. The number of nitrogens with one attached hydrogen (secondary N) is 1. The summed E-state index contributed by atoms with van der Waals surface area (Å²) in [7, 11) is 0. The van der Waals surface area contributed by atoms with Crippen molar-refractivity contribution in [3.63, 3.8) is 0 Å². The van der Waals surface area contributed by atoms with E-state index in [2.05, 4.69) is 5.32 Å². The number of aliphatic carboxylic acids is 1. The number of fused-ring (bicyclic) bond motifs is 1. The van der Waals surface area contributed by atoms with Gasteiger partial charge in [0.05, 0.1) is 37.9 Å². The van der Waals surface area contributed by atoms with E-state index in [0.717, 1.165) is 0 Å². The molecule has 0 bridgehead atoms. The van der Waals surface area contributed by atoms with E-state index in [9.17, 15) is 4.79 Å². The Hall–Kier alpha value is -0.650. The topological polar surface area (TPSA) is 67.8 Å². The van der Waals surface area contributed by atoms with Gasteiger partial charge in [-0.25, -0.2) is 0 Å². The van der Waals surface area contributed by atoms with E-state index < -0.39 is 5.97 Å². The van der Waals surface area contributed by atoms with E-state index in [1.54, 1.807) is 0 Å². The molecule has 5 heteroatoms. The molecule has 0 saturated carbocycles. The summed E-state index contributed by atoms with van der Waals surface area (Å²) in [5.74, 6) is -0.816. The van der Waals surface area contributed by atoms with Gasteiger partial charge in [-0.05, 0) is 0 Å². The lowest BCUT2D eigenvalue weighted by Gasteiger charge is -2.31. The van der Waals surface area contributed by atoms with Crippen LogP contribution >= 0.6 is 0 Å². The summed E-state index contributed by atoms with van der Waals surface area (Å²) in [6.07, 6.45) is -0.102. The van der Waals surface area contributed by atoms with Gasteiger partial charge in [0, 0.05) is 6.54 Å². The predicted octanol–water partition coefficient (Wildman–Crippen LogP) is -0.783. The summed E-state index contributed by atoms with van der Waals surface area (Å²) < 4.78 is 10.8. The van der Waals surface area contributed by atoms with E-state index in [1.807, 2.05) is 0 Å². The van der Waals surface area contributed by atoms with Gasteiger partial charge in [0.15, 0.2) is 0 Å². The molecule has 0 spiro atoms. The second-order valence-corrected chi connectivity index (χ2v) is 3.45. The summed E-state index contributed by atoms with van der Waals surface area (Å²) in [4.78, 5) is 10.4. The second-order valence-electron chi connectivity index (χ2n) is 3.45. The van der Waals surface area contributed by atoms with Crippen LogP contribution in [0, 0.1) is 0 Å². The molecular formula is C8H13NO4. The van der Waals surface area contributed by atoms with Crippen molar-refractivity contribution in [1.29, 1.82) is 0 Å². The Morgan fingerprint density at radius 1 is 1.54 bits per heavy atom. The fourth-order valence-electron chi connectivity index (χ4n) is 1.75. The number of hydrogen-bond donors (Lipinski definition) is 2. The third-order valence-corrected chi connectivity index (χ3v) is 2.41. The number of hydrogen-bond acceptors (Lipinski definition) is 4. The molecule has 0 amide bonds. The monoisotopic (exact) mass is 187 g/mol. The average Bonchev–Trinajstić information content (AvgIpc) is 2.49. The van der Waals surface area contributed by atoms with Crippen molar-refractivity contribution < 1.29 is 19.4 Å². The zero-order chi connectivity index (χ0) is 9.26. The lowest BCUT2D eigenvalue weighted by molar-refractivity contribution is -0.143. The molecule has 0 aromatic carbocycles. The van der Waals surface area contributed by atoms with Crippen molar-refractivity contribution in [3.8, 4) is 0 Å². The Bertz CT molecular complexity index is 208. The first-order chi connectivity index (χ1) is 6.25. The van der Waals surface area contributed by atoms with Crippen molar-refractivity contribution >= 4 is 5.97 Å². The number of carboxylic acid groups (broad SMARTS) is 1. The first-order valence-corrected chi connectivity index (χ1v) is 4.44. The number of ether oxygens (including phenoxy) is 2. The largest absolute Gasteiger partial charge is 0.481 e. The minimum absolute atomic E-state index is 0.0399. The molecule has 2 fully saturated rings. The summed E-state index contributed by atoms with van der Waals surface area (Å²) in [6, 6.07) is 0.255. The molecule has 2 aliphatic rings. The Morgan fingerprint density at radius 3 is 3.15 bits per heavy atom. The molecule has 0 unspecified atom stereocenters. The minimum atomic E-state index is -0.816. The first kappa shape index (κ1) is 8.93. The highest BCUT2D eigenvalue weighted by Crippen LogP contribution is 2.17. The lowest BCUT2D eigenvalue weighted by Crippen LogP contribution is -2.52. The molecule has 0 aliphatic carbocycles. The van der Waals surface area contributed by atoms with Crippen molar-refractivity contribution in [3.05, 3.63) is 0 Å². The number of carboxylic acids is 1. The third kappa shape index (κ3) is 1.99. The zero-order valence-electron chi connectivity index (χ0n) is 7.23. The van der Waals surface area contributed by atoms with Crippen molar-refractivity contribution in [2.45, 2.75) is 24.7 Å². The predicted molar refractivity (Wildman–Crippen MR) is 43.5 cm³/mol. The zero-order valence-corrected chi connectivity index (χ0v) is 7.23. The van der Waals surface area contributed by atoms with E-state index in [0.29, 0.717) is 19.8 Å². The second kappa shape index (κ2) is 3.61. The van der Waals surface area contributed by atoms with Gasteiger partial charge in [-0.15, -0.1) is 0 Å². The van der Waals surface area contributed by atoms with Gasteiger partial charge in [0.1, 0.15) is 0 Å². The Kier molecular flexibility index (Phi) is 2.48. The van der Waals surface area contributed by atoms with Crippen LogP contribution in [0.5, 0.6) is 0 Å². The minimum Gasteiger partial charge on any atom is -0.481 e. The molecule has 0 aromatic heterocycles. The quantitative estimate of drug-likeness (QED) is 0.593. The summed E-state index contributed by atoms with van der Waals surface area (Å²) in [6.45, 7) is 1.86. The Labute approximate surface area is 76.0 Å². The van der Waals surface area contributed by atoms with Crippen LogP contribution in [0.4, 0.5) is 0 Å². The van der Waals surface area contributed by atoms with Gasteiger partial charge in [0.2, 0.25) is 0 Å². The van der Waals surface area contributed by atoms with Crippen LogP contribution in [0.15, 0.2) is 0 Å². The summed E-state index contributed by atoms with van der Waals surface area (Å²) in [5, 5.41) is 11.8. The fraction of sp³-hybridized carbons (Fsp3) is 0.875. The maximum Gasteiger partial charge on any atom is 0.306 e. The van der Waals surface area contributed by atoms with Crippen molar-refractivity contribution in [1.82, 2.24) is 5.32 Å². The molecule has 0 aromatic rings. The highest BCUT2D eigenvalue weighted by molar-refractivity contribution is 5.67. The van der Waals surface area contributed by atoms with Crippen LogP contribution in [0.3, 0.4) is 0 Å². The van der Waals surface area contributed by atoms with Crippen molar-refractivity contribution in [2.75, 3.05) is 19.8 Å². The Balaban J connectivity index is 1.86. The van der Waals surface area contributed by atoms with Gasteiger partial charge in [-0.2, -0.15) is 0 Å². The van der Waals surface area contributed by atoms with Gasteiger partial charge in [0.25, 0.3) is 0 Å². The van der Waals surface area contributed by atoms with E-state index in [1.165, 1.54) is 0 Å². The fourth-order valence-corrected chi connectivity index (χ4v) is 1.75. The smallest absolute Gasteiger partial charge is 0.306 e. The molecule has 74 valence electrons. The normalized spacial score (nSPS) is 38.6. The number of rotatable bonds is 2. The molecule has 2 N–H and O–H groups in total. The third-order valence-electron chi connectivity index (χ3n) is 2.41. The average molecular weight is 187 g/mol. The molecule has 5 nitrogen and oxygen atoms in total. The van der Waals surface area contributed by atoms with E-state index in [-0.39, 0.29) is 24.7 Å². The molecular weight excluding hydrogens is 174 g/mol. The molecule has 13 heavy (non-hydrogen) atoms. The summed E-state index contributed by atoms with van der Waals surface area (Å²) in [5.41, 5.74) is 0. The van der Waals surface area contributed by atoms with Gasteiger partial charge in [-0.1, -0.05) is 0 Å². The molecule has 2 rings (SSSR count). The number of morpholine rings is 1. The van der Waals surface area contributed by atoms with Crippen LogP contribution in [0.25, 0.3) is 0 Å². The highest BCUT2D eigenvalue weighted by atomic mass is 16.6. The van der Waals surface area contributed by atoms with E-state index >= 15 is 0 Å². The Morgan fingerprint density at radius 2 is 2.38 bits per heavy atom. The number of carbonyl (C=O) groups is 1. The van der Waals surface area contributed by atoms with Gasteiger partial charge in [-0.3, -0.25) is 4.79 Å². The summed E-state index contributed by atoms with van der Waals surface area (Å²) >= 11 is 0. The van der Waals surface area contributed by atoms with Crippen LogP contribution < -0.4 is 5.32 Å². The molecule has 3 atom stereocenters. The van der Waals surface area contributed by atoms with Crippen LogP contribution in [-0.2, 0) is 14.3 Å². The molecule has 2 aliphatic heterocycles. The van der Waals surface area contributed by atoms with Gasteiger partial charge >= 0.3 is 5.97 Å². The highest BCUT2D eigenvalue weighted by Gasteiger charge is 2.35. The van der Waals surface area contributed by atoms with Crippen LogP contribution in [0.2, 0.25) is 0 Å². The van der Waals surface area contributed by atoms with E-state index in [4.69, 9.17) is 14.6 Å². The first-order valence-electron chi connectivity index (χ1n) is 4.44. The molecule has 0 radical (unpaired) electrons. The van der Waals surface area contributed by atoms with Crippen LogP contribution in [0.1, 0.15) is 6.42 Å². The molecule has 2 saturated heterocycles. The van der Waals surface area contributed by atoms with Crippen molar-refractivity contribution in [2.24, 2.45) is 0 Å².